The van der Waals surface area contributed by atoms with Gasteiger partial charge in [-0.15, -0.1) is 11.3 Å². The Morgan fingerprint density at radius 2 is 2.19 bits per heavy atom. The largest absolute Gasteiger partial charge is 0.383 e. The van der Waals surface area contributed by atoms with Crippen molar-refractivity contribution < 1.29 is 0 Å². The Labute approximate surface area is 105 Å². The van der Waals surface area contributed by atoms with Crippen LogP contribution in [0.4, 0.5) is 5.82 Å². The van der Waals surface area contributed by atoms with Crippen LogP contribution in [0.1, 0.15) is 24.5 Å². The van der Waals surface area contributed by atoms with Crippen molar-refractivity contribution in [1.82, 2.24) is 15.0 Å². The van der Waals surface area contributed by atoms with E-state index in [9.17, 15) is 0 Å². The molecule has 2 aromatic rings. The molecule has 0 amide bonds. The Hall–Kier alpha value is -1.01. The first-order chi connectivity index (χ1) is 7.75. The zero-order valence-electron chi connectivity index (χ0n) is 8.35. The van der Waals surface area contributed by atoms with Gasteiger partial charge in [0, 0.05) is 17.5 Å². The normalized spacial score (nSPS) is 15.3. The van der Waals surface area contributed by atoms with E-state index in [-0.39, 0.29) is 0 Å². The van der Waals surface area contributed by atoms with Crippen LogP contribution in [0.5, 0.6) is 0 Å². The fraction of sp³-hybridized carbons (Fsp3) is 0.300. The van der Waals surface area contributed by atoms with Gasteiger partial charge in [-0.05, 0) is 28.8 Å². The summed E-state index contributed by atoms with van der Waals surface area (Å²) < 4.78 is 0.843. The lowest BCUT2D eigenvalue weighted by molar-refractivity contribution is 0.982. The molecule has 6 heteroatoms. The van der Waals surface area contributed by atoms with Gasteiger partial charge in [-0.3, -0.25) is 0 Å². The maximum Gasteiger partial charge on any atom is 0.190 e. The molecule has 0 bridgehead atoms. The fourth-order valence-electron chi connectivity index (χ4n) is 1.54. The maximum absolute atomic E-state index is 5.87. The van der Waals surface area contributed by atoms with Crippen molar-refractivity contribution in [3.8, 4) is 10.8 Å². The minimum Gasteiger partial charge on any atom is -0.383 e. The van der Waals surface area contributed by atoms with Crippen LogP contribution < -0.4 is 5.73 Å². The molecule has 16 heavy (non-hydrogen) atoms. The van der Waals surface area contributed by atoms with Crippen LogP contribution in [0.3, 0.4) is 0 Å². The van der Waals surface area contributed by atoms with E-state index in [1.54, 1.807) is 6.20 Å². The number of hydrogen-bond acceptors (Lipinski definition) is 5. The third kappa shape index (κ3) is 1.72. The predicted octanol–water partition coefficient (Wildman–Crippen LogP) is 2.82. The molecule has 4 nitrogen and oxygen atoms in total. The lowest BCUT2D eigenvalue weighted by Gasteiger charge is -2.06. The number of thiazole rings is 1. The summed E-state index contributed by atoms with van der Waals surface area (Å²) in [6.45, 7) is 0. The molecule has 1 aliphatic carbocycles. The molecule has 0 spiro atoms. The van der Waals surface area contributed by atoms with Gasteiger partial charge < -0.3 is 5.73 Å². The Morgan fingerprint density at radius 1 is 1.38 bits per heavy atom. The van der Waals surface area contributed by atoms with E-state index in [4.69, 9.17) is 5.73 Å². The fourth-order valence-corrected chi connectivity index (χ4v) is 2.61. The Balaban J connectivity index is 2.13. The van der Waals surface area contributed by atoms with Crippen LogP contribution in [-0.4, -0.2) is 15.0 Å². The van der Waals surface area contributed by atoms with E-state index in [1.165, 1.54) is 24.2 Å². The second-order valence-corrected chi connectivity index (χ2v) is 5.43. The van der Waals surface area contributed by atoms with Crippen molar-refractivity contribution in [2.75, 3.05) is 5.73 Å². The van der Waals surface area contributed by atoms with Crippen LogP contribution >= 0.6 is 27.3 Å². The monoisotopic (exact) mass is 296 g/mol. The van der Waals surface area contributed by atoms with Crippen molar-refractivity contribution >= 4 is 33.1 Å². The van der Waals surface area contributed by atoms with E-state index in [1.807, 2.05) is 5.38 Å². The Bertz CT molecular complexity index is 522. The van der Waals surface area contributed by atoms with Crippen LogP contribution in [-0.2, 0) is 0 Å². The van der Waals surface area contributed by atoms with Gasteiger partial charge in [-0.2, -0.15) is 0 Å². The van der Waals surface area contributed by atoms with Gasteiger partial charge in [-0.1, -0.05) is 0 Å². The molecule has 0 saturated heterocycles. The molecule has 0 radical (unpaired) electrons. The standard InChI is InChI=1S/C10H9BrN4S/c11-6-7(5-1-2-5)14-9(15-8(6)12)10-13-3-4-16-10/h3-5H,1-2H2,(H2,12,14,15). The van der Waals surface area contributed by atoms with Gasteiger partial charge in [0.2, 0.25) is 0 Å². The molecule has 0 aliphatic heterocycles. The van der Waals surface area contributed by atoms with E-state index >= 15 is 0 Å². The number of halogens is 1. The zero-order valence-corrected chi connectivity index (χ0v) is 10.8. The van der Waals surface area contributed by atoms with Crippen molar-refractivity contribution in [2.24, 2.45) is 0 Å². The minimum absolute atomic E-state index is 0.502. The van der Waals surface area contributed by atoms with E-state index in [0.29, 0.717) is 17.6 Å². The SMILES string of the molecule is Nc1nc(-c2nccs2)nc(C2CC2)c1Br. The van der Waals surface area contributed by atoms with Gasteiger partial charge in [0.1, 0.15) is 5.82 Å². The van der Waals surface area contributed by atoms with Gasteiger partial charge in [0.15, 0.2) is 10.8 Å². The highest BCUT2D eigenvalue weighted by atomic mass is 79.9. The van der Waals surface area contributed by atoms with E-state index in [2.05, 4.69) is 30.9 Å². The molecule has 0 atom stereocenters. The number of nitrogens with zero attached hydrogens (tertiary/aromatic N) is 3. The Kier molecular flexibility index (Phi) is 2.40. The number of anilines is 1. The average molecular weight is 297 g/mol. The molecule has 1 saturated carbocycles. The van der Waals surface area contributed by atoms with Gasteiger partial charge in [0.05, 0.1) is 10.2 Å². The van der Waals surface area contributed by atoms with Crippen LogP contribution in [0.2, 0.25) is 0 Å². The zero-order chi connectivity index (χ0) is 11.1. The van der Waals surface area contributed by atoms with E-state index in [0.717, 1.165) is 15.2 Å². The van der Waals surface area contributed by atoms with Crippen molar-refractivity contribution in [1.29, 1.82) is 0 Å². The van der Waals surface area contributed by atoms with Crippen LogP contribution in [0.25, 0.3) is 10.8 Å². The molecule has 2 N–H and O–H groups in total. The van der Waals surface area contributed by atoms with Crippen LogP contribution in [0, 0.1) is 0 Å². The summed E-state index contributed by atoms with van der Waals surface area (Å²) in [7, 11) is 0. The molecule has 2 heterocycles. The summed E-state index contributed by atoms with van der Waals surface area (Å²) >= 11 is 4.98. The maximum atomic E-state index is 5.87. The summed E-state index contributed by atoms with van der Waals surface area (Å²) in [5.74, 6) is 1.68. The summed E-state index contributed by atoms with van der Waals surface area (Å²) in [5.41, 5.74) is 6.90. The summed E-state index contributed by atoms with van der Waals surface area (Å²) in [4.78, 5) is 13.0. The smallest absolute Gasteiger partial charge is 0.190 e. The first-order valence-corrected chi connectivity index (χ1v) is 6.65. The molecule has 0 aromatic carbocycles. The van der Waals surface area contributed by atoms with Gasteiger partial charge >= 0.3 is 0 Å². The van der Waals surface area contributed by atoms with Crippen molar-refractivity contribution in [3.63, 3.8) is 0 Å². The first-order valence-electron chi connectivity index (χ1n) is 4.98. The summed E-state index contributed by atoms with van der Waals surface area (Å²) in [5, 5.41) is 2.73. The summed E-state index contributed by atoms with van der Waals surface area (Å²) in [6, 6.07) is 0. The first kappa shape index (κ1) is 10.2. The average Bonchev–Trinajstić information content (AvgIpc) is 2.96. The molecule has 1 fully saturated rings. The topological polar surface area (TPSA) is 64.7 Å². The quantitative estimate of drug-likeness (QED) is 0.925. The Morgan fingerprint density at radius 3 is 2.81 bits per heavy atom. The molecular weight excluding hydrogens is 288 g/mol. The lowest BCUT2D eigenvalue weighted by Crippen LogP contribution is -2.01. The van der Waals surface area contributed by atoms with Crippen LogP contribution in [0.15, 0.2) is 16.0 Å². The summed E-state index contributed by atoms with van der Waals surface area (Å²) in [6.07, 6.45) is 4.12. The molecular formula is C10H9BrN4S. The second kappa shape index (κ2) is 3.78. The predicted molar refractivity (Wildman–Crippen MR) is 67.2 cm³/mol. The number of rotatable bonds is 2. The number of aromatic nitrogens is 3. The van der Waals surface area contributed by atoms with Crippen molar-refractivity contribution in [3.05, 3.63) is 21.7 Å². The van der Waals surface area contributed by atoms with E-state index < -0.39 is 0 Å². The van der Waals surface area contributed by atoms with Gasteiger partial charge in [-0.25, -0.2) is 15.0 Å². The van der Waals surface area contributed by atoms with Gasteiger partial charge in [0.25, 0.3) is 0 Å². The molecule has 3 rings (SSSR count). The highest BCUT2D eigenvalue weighted by molar-refractivity contribution is 9.10. The second-order valence-electron chi connectivity index (χ2n) is 3.74. The molecule has 0 unspecified atom stereocenters. The highest BCUT2D eigenvalue weighted by Gasteiger charge is 2.29. The number of nitrogen functional groups attached to an aromatic ring is 1. The molecule has 1 aliphatic rings. The number of hydrogen-bond donors (Lipinski definition) is 1. The highest BCUT2D eigenvalue weighted by Crippen LogP contribution is 2.43. The minimum atomic E-state index is 0.502. The third-order valence-corrected chi connectivity index (χ3v) is 4.07. The number of nitrogens with two attached hydrogens (primary N) is 1. The third-order valence-electron chi connectivity index (χ3n) is 2.49. The van der Waals surface area contributed by atoms with Crippen molar-refractivity contribution in [2.45, 2.75) is 18.8 Å². The lowest BCUT2D eigenvalue weighted by atomic mass is 10.2. The molecule has 82 valence electrons. The molecule has 2 aromatic heterocycles.